The highest BCUT2D eigenvalue weighted by Gasteiger charge is 2.26. The van der Waals surface area contributed by atoms with Gasteiger partial charge in [0.05, 0.1) is 33.6 Å². The number of ether oxygens (including phenoxy) is 4. The maximum absolute atomic E-state index is 12.8. The minimum atomic E-state index is -0.284. The summed E-state index contributed by atoms with van der Waals surface area (Å²) in [5.74, 6) is 1.51. The third-order valence-electron chi connectivity index (χ3n) is 4.63. The number of piperidine rings is 1. The van der Waals surface area contributed by atoms with Crippen LogP contribution in [0.1, 0.15) is 18.5 Å². The summed E-state index contributed by atoms with van der Waals surface area (Å²) in [6.45, 7) is 0.944. The molecule has 1 atom stereocenters. The summed E-state index contributed by atoms with van der Waals surface area (Å²) in [4.78, 5) is 22.5. The van der Waals surface area contributed by atoms with Gasteiger partial charge in [-0.1, -0.05) is 0 Å². The van der Waals surface area contributed by atoms with Crippen molar-refractivity contribution in [2.45, 2.75) is 18.9 Å². The van der Waals surface area contributed by atoms with E-state index in [-0.39, 0.29) is 23.7 Å². The summed E-state index contributed by atoms with van der Waals surface area (Å²) in [6, 6.07) is 5.00. The first kappa shape index (κ1) is 21.0. The van der Waals surface area contributed by atoms with Crippen LogP contribution in [0.4, 0.5) is 10.5 Å². The molecule has 1 unspecified atom stereocenters. The molecule has 3 rings (SSSR count). The molecule has 2 amide bonds. The molecule has 0 bridgehead atoms. The van der Waals surface area contributed by atoms with Gasteiger partial charge in [0.1, 0.15) is 12.2 Å². The van der Waals surface area contributed by atoms with Gasteiger partial charge >= 0.3 is 6.03 Å². The second-order valence-electron chi connectivity index (χ2n) is 6.49. The maximum Gasteiger partial charge on any atom is 0.321 e. The van der Waals surface area contributed by atoms with Crippen molar-refractivity contribution in [3.63, 3.8) is 0 Å². The van der Waals surface area contributed by atoms with Gasteiger partial charge in [0.2, 0.25) is 11.4 Å². The normalized spacial score (nSPS) is 15.7. The molecule has 0 saturated carbocycles. The van der Waals surface area contributed by atoms with E-state index < -0.39 is 0 Å². The number of aromatic nitrogens is 2. The summed E-state index contributed by atoms with van der Waals surface area (Å²) in [7, 11) is 4.54. The first-order valence-electron chi connectivity index (χ1n) is 9.33. The standard InChI is InChI=1S/C20H23N5O5/c1-27-16-9-13(10-17(28-2)18(16)29-3)24-20(26)25-8-4-5-14(12-25)30-19-15(11-21)22-6-7-23-19/h6-7,9-10,14H,4-5,8,12H2,1-3H3,(H,24,26). The van der Waals surface area contributed by atoms with Gasteiger partial charge in [-0.05, 0) is 12.8 Å². The van der Waals surface area contributed by atoms with Gasteiger partial charge in [0.25, 0.3) is 5.88 Å². The topological polar surface area (TPSA) is 119 Å². The Morgan fingerprint density at radius 3 is 2.50 bits per heavy atom. The van der Waals surface area contributed by atoms with Crippen LogP contribution in [0.5, 0.6) is 23.1 Å². The Bertz CT molecular complexity index is 920. The van der Waals surface area contributed by atoms with Crippen LogP contribution >= 0.6 is 0 Å². The molecule has 1 aliphatic rings. The number of nitrogens with zero attached hydrogens (tertiary/aromatic N) is 4. The second kappa shape index (κ2) is 9.65. The minimum absolute atomic E-state index is 0.122. The molecule has 1 saturated heterocycles. The lowest BCUT2D eigenvalue weighted by Gasteiger charge is -2.32. The Morgan fingerprint density at radius 2 is 1.87 bits per heavy atom. The Balaban J connectivity index is 1.69. The van der Waals surface area contributed by atoms with Gasteiger partial charge in [-0.2, -0.15) is 5.26 Å². The van der Waals surface area contributed by atoms with E-state index in [1.807, 2.05) is 6.07 Å². The van der Waals surface area contributed by atoms with Crippen LogP contribution in [0, 0.1) is 11.3 Å². The highest BCUT2D eigenvalue weighted by molar-refractivity contribution is 5.90. The van der Waals surface area contributed by atoms with E-state index >= 15 is 0 Å². The van der Waals surface area contributed by atoms with Gasteiger partial charge in [0.15, 0.2) is 11.5 Å². The summed E-state index contributed by atoms with van der Waals surface area (Å²) >= 11 is 0. The summed E-state index contributed by atoms with van der Waals surface area (Å²) in [6.07, 6.45) is 4.12. The first-order valence-corrected chi connectivity index (χ1v) is 9.33. The number of carbonyl (C=O) groups excluding carboxylic acids is 1. The van der Waals surface area contributed by atoms with Crippen LogP contribution in [-0.2, 0) is 0 Å². The van der Waals surface area contributed by atoms with Crippen molar-refractivity contribution < 1.29 is 23.7 Å². The number of benzene rings is 1. The van der Waals surface area contributed by atoms with E-state index in [4.69, 9.17) is 24.2 Å². The molecular formula is C20H23N5O5. The van der Waals surface area contributed by atoms with Crippen molar-refractivity contribution in [1.29, 1.82) is 5.26 Å². The molecule has 1 fully saturated rings. The average molecular weight is 413 g/mol. The van der Waals surface area contributed by atoms with E-state index in [1.54, 1.807) is 17.0 Å². The molecule has 1 aromatic carbocycles. The van der Waals surface area contributed by atoms with Crippen molar-refractivity contribution in [2.75, 3.05) is 39.7 Å². The molecule has 1 aromatic heterocycles. The predicted molar refractivity (Wildman–Crippen MR) is 107 cm³/mol. The van der Waals surface area contributed by atoms with Crippen LogP contribution < -0.4 is 24.3 Å². The lowest BCUT2D eigenvalue weighted by molar-refractivity contribution is 0.102. The molecule has 0 radical (unpaired) electrons. The number of carbonyl (C=O) groups is 1. The SMILES string of the molecule is COc1cc(NC(=O)N2CCCC(Oc3nccnc3C#N)C2)cc(OC)c1OC. The van der Waals surface area contributed by atoms with E-state index in [0.717, 1.165) is 12.8 Å². The Kier molecular flexibility index (Phi) is 6.75. The van der Waals surface area contributed by atoms with Crippen LogP contribution in [-0.4, -0.2) is 61.4 Å². The predicted octanol–water partition coefficient (Wildman–Crippen LogP) is 2.45. The van der Waals surface area contributed by atoms with Gasteiger partial charge in [-0.25, -0.2) is 14.8 Å². The number of urea groups is 1. The highest BCUT2D eigenvalue weighted by Crippen LogP contribution is 2.40. The van der Waals surface area contributed by atoms with Gasteiger partial charge in [-0.15, -0.1) is 0 Å². The fraction of sp³-hybridized carbons (Fsp3) is 0.400. The van der Waals surface area contributed by atoms with Crippen molar-refractivity contribution in [1.82, 2.24) is 14.9 Å². The monoisotopic (exact) mass is 413 g/mol. The van der Waals surface area contributed by atoms with Gasteiger partial charge in [0, 0.05) is 31.1 Å². The minimum Gasteiger partial charge on any atom is -0.493 e. The molecule has 30 heavy (non-hydrogen) atoms. The smallest absolute Gasteiger partial charge is 0.321 e. The number of hydrogen-bond donors (Lipinski definition) is 1. The highest BCUT2D eigenvalue weighted by atomic mass is 16.5. The second-order valence-corrected chi connectivity index (χ2v) is 6.49. The molecule has 10 heteroatoms. The van der Waals surface area contributed by atoms with E-state index in [9.17, 15) is 4.79 Å². The van der Waals surface area contributed by atoms with E-state index in [0.29, 0.717) is 36.0 Å². The van der Waals surface area contributed by atoms with E-state index in [2.05, 4.69) is 15.3 Å². The fourth-order valence-electron chi connectivity index (χ4n) is 3.22. The van der Waals surface area contributed by atoms with Gasteiger partial charge < -0.3 is 29.2 Å². The fourth-order valence-corrected chi connectivity index (χ4v) is 3.22. The number of hydrogen-bond acceptors (Lipinski definition) is 8. The number of likely N-dealkylation sites (tertiary alicyclic amines) is 1. The Morgan fingerprint density at radius 1 is 1.17 bits per heavy atom. The van der Waals surface area contributed by atoms with Crippen LogP contribution in [0.15, 0.2) is 24.5 Å². The molecule has 158 valence electrons. The lowest BCUT2D eigenvalue weighted by atomic mass is 10.1. The molecule has 10 nitrogen and oxygen atoms in total. The summed E-state index contributed by atoms with van der Waals surface area (Å²) < 4.78 is 21.8. The average Bonchev–Trinajstić information content (AvgIpc) is 2.78. The number of methoxy groups -OCH3 is 3. The molecule has 0 aliphatic carbocycles. The molecular weight excluding hydrogens is 390 g/mol. The largest absolute Gasteiger partial charge is 0.493 e. The number of nitriles is 1. The van der Waals surface area contributed by atoms with Crippen LogP contribution in [0.25, 0.3) is 0 Å². The molecule has 0 spiro atoms. The molecule has 1 aliphatic heterocycles. The van der Waals surface area contributed by atoms with Crippen LogP contribution in [0.2, 0.25) is 0 Å². The Hall–Kier alpha value is -3.74. The number of nitrogens with one attached hydrogen (secondary N) is 1. The summed E-state index contributed by atoms with van der Waals surface area (Å²) in [5, 5.41) is 12.0. The first-order chi connectivity index (χ1) is 14.6. The zero-order valence-electron chi connectivity index (χ0n) is 17.0. The van der Waals surface area contributed by atoms with Gasteiger partial charge in [-0.3, -0.25) is 0 Å². The third kappa shape index (κ3) is 4.63. The third-order valence-corrected chi connectivity index (χ3v) is 4.63. The molecule has 2 aromatic rings. The van der Waals surface area contributed by atoms with Crippen molar-refractivity contribution >= 4 is 11.7 Å². The number of anilines is 1. The van der Waals surface area contributed by atoms with Crippen molar-refractivity contribution in [3.8, 4) is 29.2 Å². The Labute approximate surface area is 174 Å². The quantitative estimate of drug-likeness (QED) is 0.767. The number of rotatable bonds is 6. The molecule has 1 N–H and O–H groups in total. The van der Waals surface area contributed by atoms with E-state index in [1.165, 1.54) is 33.7 Å². The zero-order valence-corrected chi connectivity index (χ0v) is 17.0. The summed E-state index contributed by atoms with van der Waals surface area (Å²) in [5.41, 5.74) is 0.634. The van der Waals surface area contributed by atoms with Crippen LogP contribution in [0.3, 0.4) is 0 Å². The van der Waals surface area contributed by atoms with Crippen molar-refractivity contribution in [2.24, 2.45) is 0 Å². The zero-order chi connectivity index (χ0) is 21.5. The lowest BCUT2D eigenvalue weighted by Crippen LogP contribution is -2.46. The molecule has 2 heterocycles. The van der Waals surface area contributed by atoms with Crippen molar-refractivity contribution in [3.05, 3.63) is 30.2 Å². The maximum atomic E-state index is 12.8. The number of amides is 2.